The van der Waals surface area contributed by atoms with Crippen molar-refractivity contribution < 1.29 is 5.11 Å². The number of rotatable bonds is 1. The Hall–Kier alpha value is -0.760. The minimum atomic E-state index is 0.328. The number of aryl methyl sites for hydroxylation is 2. The van der Waals surface area contributed by atoms with Gasteiger partial charge in [-0.1, -0.05) is 15.9 Å². The van der Waals surface area contributed by atoms with Gasteiger partial charge in [-0.2, -0.15) is 0 Å². The lowest BCUT2D eigenvalue weighted by molar-refractivity contribution is 0.473. The molecule has 0 aliphatic rings. The SMILES string of the molecule is Cc1cc(O)c(/C=C/Br)cc1C. The Labute approximate surface area is 80.9 Å². The summed E-state index contributed by atoms with van der Waals surface area (Å²) >= 11 is 3.17. The first kappa shape index (κ1) is 9.33. The number of phenolic OH excluding ortho intramolecular Hbond substituents is 1. The lowest BCUT2D eigenvalue weighted by atomic mass is 10.1. The largest absolute Gasteiger partial charge is 0.507 e. The van der Waals surface area contributed by atoms with Gasteiger partial charge in [0.25, 0.3) is 0 Å². The third-order valence-corrected chi connectivity index (χ3v) is 2.15. The maximum Gasteiger partial charge on any atom is 0.123 e. The van der Waals surface area contributed by atoms with Crippen molar-refractivity contribution in [2.75, 3.05) is 0 Å². The molecule has 0 saturated carbocycles. The zero-order chi connectivity index (χ0) is 9.14. The van der Waals surface area contributed by atoms with E-state index in [1.807, 2.05) is 26.0 Å². The van der Waals surface area contributed by atoms with E-state index < -0.39 is 0 Å². The third-order valence-electron chi connectivity index (χ3n) is 1.89. The molecule has 12 heavy (non-hydrogen) atoms. The second kappa shape index (κ2) is 3.76. The molecule has 0 heterocycles. The van der Waals surface area contributed by atoms with Crippen molar-refractivity contribution in [2.24, 2.45) is 0 Å². The fourth-order valence-electron chi connectivity index (χ4n) is 1.02. The Morgan fingerprint density at radius 1 is 1.25 bits per heavy atom. The quantitative estimate of drug-likeness (QED) is 0.779. The van der Waals surface area contributed by atoms with Crippen LogP contribution in [0.5, 0.6) is 5.75 Å². The van der Waals surface area contributed by atoms with Crippen molar-refractivity contribution in [1.82, 2.24) is 0 Å². The highest BCUT2D eigenvalue weighted by molar-refractivity contribution is 9.11. The molecule has 0 aliphatic carbocycles. The van der Waals surface area contributed by atoms with E-state index in [2.05, 4.69) is 15.9 Å². The van der Waals surface area contributed by atoms with Crippen LogP contribution in [-0.4, -0.2) is 5.11 Å². The van der Waals surface area contributed by atoms with Crippen LogP contribution >= 0.6 is 15.9 Å². The Bertz CT molecular complexity index is 316. The Morgan fingerprint density at radius 3 is 2.42 bits per heavy atom. The molecule has 0 spiro atoms. The minimum Gasteiger partial charge on any atom is -0.507 e. The lowest BCUT2D eigenvalue weighted by Crippen LogP contribution is -1.82. The standard InChI is InChI=1S/C10H11BrO/c1-7-5-9(3-4-11)10(12)6-8(7)2/h3-6,12H,1-2H3/b4-3+. The monoisotopic (exact) mass is 226 g/mol. The molecule has 1 N–H and O–H groups in total. The normalized spacial score (nSPS) is 10.9. The first-order chi connectivity index (χ1) is 5.65. The predicted molar refractivity (Wildman–Crippen MR) is 55.5 cm³/mol. The zero-order valence-electron chi connectivity index (χ0n) is 7.13. The highest BCUT2D eigenvalue weighted by Crippen LogP contribution is 2.23. The van der Waals surface area contributed by atoms with E-state index in [0.29, 0.717) is 5.75 Å². The molecule has 64 valence electrons. The Morgan fingerprint density at radius 2 is 1.83 bits per heavy atom. The first-order valence-electron chi connectivity index (χ1n) is 3.72. The molecule has 0 aliphatic heterocycles. The van der Waals surface area contributed by atoms with Crippen LogP contribution in [-0.2, 0) is 0 Å². The molecular formula is C10H11BrO. The molecule has 0 aromatic heterocycles. The van der Waals surface area contributed by atoms with Gasteiger partial charge in [0.1, 0.15) is 5.75 Å². The number of halogens is 1. The summed E-state index contributed by atoms with van der Waals surface area (Å²) in [5, 5.41) is 9.47. The van der Waals surface area contributed by atoms with Gasteiger partial charge in [-0.3, -0.25) is 0 Å². The van der Waals surface area contributed by atoms with Crippen LogP contribution in [0.4, 0.5) is 0 Å². The van der Waals surface area contributed by atoms with Crippen molar-refractivity contribution in [2.45, 2.75) is 13.8 Å². The fraction of sp³-hybridized carbons (Fsp3) is 0.200. The van der Waals surface area contributed by atoms with Gasteiger partial charge in [0.15, 0.2) is 0 Å². The number of benzene rings is 1. The van der Waals surface area contributed by atoms with Crippen LogP contribution in [0.25, 0.3) is 6.08 Å². The molecule has 0 unspecified atom stereocenters. The van der Waals surface area contributed by atoms with Gasteiger partial charge >= 0.3 is 0 Å². The molecule has 0 radical (unpaired) electrons. The van der Waals surface area contributed by atoms with Gasteiger partial charge in [-0.05, 0) is 48.2 Å². The average Bonchev–Trinajstić information content (AvgIpc) is 2.01. The van der Waals surface area contributed by atoms with Crippen LogP contribution in [0.2, 0.25) is 0 Å². The lowest BCUT2D eigenvalue weighted by Gasteiger charge is -2.03. The van der Waals surface area contributed by atoms with Gasteiger partial charge in [0.05, 0.1) is 0 Å². The Balaban J connectivity index is 3.23. The van der Waals surface area contributed by atoms with Gasteiger partial charge in [-0.15, -0.1) is 0 Å². The maximum atomic E-state index is 9.47. The summed E-state index contributed by atoms with van der Waals surface area (Å²) < 4.78 is 0. The summed E-state index contributed by atoms with van der Waals surface area (Å²) in [5.41, 5.74) is 3.14. The van der Waals surface area contributed by atoms with Crippen LogP contribution in [0.1, 0.15) is 16.7 Å². The summed E-state index contributed by atoms with van der Waals surface area (Å²) in [6, 6.07) is 3.74. The summed E-state index contributed by atoms with van der Waals surface area (Å²) in [4.78, 5) is 1.73. The van der Waals surface area contributed by atoms with Crippen molar-refractivity contribution >= 4 is 22.0 Å². The second-order valence-corrected chi connectivity index (χ2v) is 3.32. The molecule has 0 saturated heterocycles. The highest BCUT2D eigenvalue weighted by atomic mass is 79.9. The van der Waals surface area contributed by atoms with Crippen molar-refractivity contribution in [3.8, 4) is 5.75 Å². The third kappa shape index (κ3) is 1.89. The zero-order valence-corrected chi connectivity index (χ0v) is 8.72. The molecule has 1 nitrogen and oxygen atoms in total. The average molecular weight is 227 g/mol. The van der Waals surface area contributed by atoms with Crippen molar-refractivity contribution in [3.63, 3.8) is 0 Å². The van der Waals surface area contributed by atoms with E-state index in [9.17, 15) is 5.11 Å². The van der Waals surface area contributed by atoms with Gasteiger partial charge in [-0.25, -0.2) is 0 Å². The van der Waals surface area contributed by atoms with Crippen molar-refractivity contribution in [1.29, 1.82) is 0 Å². The molecule has 1 aromatic carbocycles. The summed E-state index contributed by atoms with van der Waals surface area (Å²) in [5.74, 6) is 0.328. The summed E-state index contributed by atoms with van der Waals surface area (Å²) in [6.45, 7) is 4.01. The molecule has 0 atom stereocenters. The van der Waals surface area contributed by atoms with Crippen LogP contribution in [0, 0.1) is 13.8 Å². The molecule has 1 rings (SSSR count). The van der Waals surface area contributed by atoms with E-state index in [-0.39, 0.29) is 0 Å². The summed E-state index contributed by atoms with van der Waals surface area (Å²) in [6.07, 6.45) is 1.82. The number of aromatic hydroxyl groups is 1. The van der Waals surface area contributed by atoms with Crippen molar-refractivity contribution in [3.05, 3.63) is 33.8 Å². The topological polar surface area (TPSA) is 20.2 Å². The van der Waals surface area contributed by atoms with Crippen LogP contribution in [0.3, 0.4) is 0 Å². The molecule has 0 amide bonds. The van der Waals surface area contributed by atoms with Crippen LogP contribution < -0.4 is 0 Å². The van der Waals surface area contributed by atoms with E-state index in [1.165, 1.54) is 5.56 Å². The van der Waals surface area contributed by atoms with E-state index in [0.717, 1.165) is 11.1 Å². The predicted octanol–water partition coefficient (Wildman–Crippen LogP) is 3.37. The molecule has 1 aromatic rings. The maximum absolute atomic E-state index is 9.47. The minimum absolute atomic E-state index is 0.328. The smallest absolute Gasteiger partial charge is 0.123 e. The molecule has 0 fully saturated rings. The number of phenols is 1. The Kier molecular flexibility index (Phi) is 2.93. The van der Waals surface area contributed by atoms with Gasteiger partial charge in [0, 0.05) is 5.56 Å². The summed E-state index contributed by atoms with van der Waals surface area (Å²) in [7, 11) is 0. The highest BCUT2D eigenvalue weighted by Gasteiger charge is 1.99. The first-order valence-corrected chi connectivity index (χ1v) is 4.63. The molecule has 2 heteroatoms. The number of hydrogen-bond donors (Lipinski definition) is 1. The molecule has 0 bridgehead atoms. The second-order valence-electron chi connectivity index (χ2n) is 2.79. The van der Waals surface area contributed by atoms with E-state index in [4.69, 9.17) is 0 Å². The number of hydrogen-bond acceptors (Lipinski definition) is 1. The van der Waals surface area contributed by atoms with Gasteiger partial charge in [0.2, 0.25) is 0 Å². The van der Waals surface area contributed by atoms with E-state index in [1.54, 1.807) is 11.1 Å². The van der Waals surface area contributed by atoms with E-state index >= 15 is 0 Å². The fourth-order valence-corrected chi connectivity index (χ4v) is 1.31. The van der Waals surface area contributed by atoms with Gasteiger partial charge < -0.3 is 5.11 Å². The molecular weight excluding hydrogens is 216 g/mol. The van der Waals surface area contributed by atoms with Crippen LogP contribution in [0.15, 0.2) is 17.1 Å².